The molecule has 14 nitrogen and oxygen atoms in total. The first-order valence-corrected chi connectivity index (χ1v) is 13.8. The van der Waals surface area contributed by atoms with Crippen LogP contribution >= 0.6 is 0 Å². The molecule has 1 aliphatic rings. The number of aliphatic hydroxyl groups is 1. The van der Waals surface area contributed by atoms with Gasteiger partial charge in [0.05, 0.1) is 6.61 Å². The molecular formula is C29H38N2O12. The zero-order valence-electron chi connectivity index (χ0n) is 25.0. The molecule has 2 aromatic rings. The van der Waals surface area contributed by atoms with E-state index < -0.39 is 54.6 Å². The van der Waals surface area contributed by atoms with Crippen molar-refractivity contribution in [3.63, 3.8) is 0 Å². The zero-order chi connectivity index (χ0) is 31.7. The van der Waals surface area contributed by atoms with Crippen LogP contribution in [0.3, 0.4) is 0 Å². The molecular weight excluding hydrogens is 568 g/mol. The Morgan fingerprint density at radius 2 is 1.51 bits per heavy atom. The van der Waals surface area contributed by atoms with Gasteiger partial charge in [0.15, 0.2) is 12.2 Å². The van der Waals surface area contributed by atoms with Crippen LogP contribution in [0.15, 0.2) is 24.3 Å². The minimum Gasteiger partial charge on any atom is -0.491 e. The van der Waals surface area contributed by atoms with E-state index in [9.17, 15) is 19.2 Å². The van der Waals surface area contributed by atoms with Gasteiger partial charge < -0.3 is 38.3 Å². The highest BCUT2D eigenvalue weighted by Crippen LogP contribution is 2.34. The number of nitrogens with zero attached hydrogens (tertiary/aromatic N) is 1. The molecule has 1 aromatic heterocycles. The second-order valence-corrected chi connectivity index (χ2v) is 10.2. The number of hydrogen-bond acceptors (Lipinski definition) is 13. The van der Waals surface area contributed by atoms with Crippen molar-refractivity contribution >= 4 is 23.9 Å². The molecule has 0 radical (unpaired) electrons. The quantitative estimate of drug-likeness (QED) is 0.250. The molecule has 0 aliphatic carbocycles. The van der Waals surface area contributed by atoms with Gasteiger partial charge in [0, 0.05) is 45.4 Å². The van der Waals surface area contributed by atoms with Crippen LogP contribution in [0.5, 0.6) is 11.6 Å². The van der Waals surface area contributed by atoms with Crippen LogP contribution in [0.1, 0.15) is 64.3 Å². The number of esters is 4. The molecule has 43 heavy (non-hydrogen) atoms. The van der Waals surface area contributed by atoms with Crippen molar-refractivity contribution in [2.24, 2.45) is 0 Å². The van der Waals surface area contributed by atoms with Gasteiger partial charge in [0.25, 0.3) is 0 Å². The molecule has 5 atom stereocenters. The molecule has 1 unspecified atom stereocenters. The summed E-state index contributed by atoms with van der Waals surface area (Å²) in [5.41, 5.74) is 2.36. The molecule has 3 rings (SSSR count). The lowest BCUT2D eigenvalue weighted by Crippen LogP contribution is -2.63. The van der Waals surface area contributed by atoms with Crippen LogP contribution in [0.25, 0.3) is 0 Å². The topological polar surface area (TPSA) is 182 Å². The fraction of sp³-hybridized carbons (Fsp3) is 0.552. The number of nitrogens with one attached hydrogen (secondary N) is 1. The average molecular weight is 607 g/mol. The summed E-state index contributed by atoms with van der Waals surface area (Å²) in [5.74, 6) is -2.11. The molecule has 2 N–H and O–H groups in total. The molecule has 1 aliphatic heterocycles. The summed E-state index contributed by atoms with van der Waals surface area (Å²) in [5, 5.41) is 16.3. The second-order valence-electron chi connectivity index (χ2n) is 10.2. The van der Waals surface area contributed by atoms with Gasteiger partial charge in [0.2, 0.25) is 18.3 Å². The van der Waals surface area contributed by atoms with Gasteiger partial charge >= 0.3 is 23.9 Å². The number of aromatic amines is 1. The maximum absolute atomic E-state index is 12.2. The van der Waals surface area contributed by atoms with E-state index in [0.717, 1.165) is 32.0 Å². The van der Waals surface area contributed by atoms with E-state index >= 15 is 0 Å². The first-order valence-electron chi connectivity index (χ1n) is 13.8. The van der Waals surface area contributed by atoms with Crippen molar-refractivity contribution in [1.82, 2.24) is 10.2 Å². The Kier molecular flexibility index (Phi) is 11.9. The van der Waals surface area contributed by atoms with Crippen molar-refractivity contribution in [2.75, 3.05) is 19.8 Å². The van der Waals surface area contributed by atoms with Crippen molar-refractivity contribution in [3.8, 4) is 11.6 Å². The molecule has 0 saturated carbocycles. The lowest BCUT2D eigenvalue weighted by molar-refractivity contribution is -0.289. The smallest absolute Gasteiger partial charge is 0.303 e. The number of H-pyrrole nitrogens is 1. The lowest BCUT2D eigenvalue weighted by Gasteiger charge is -2.43. The van der Waals surface area contributed by atoms with Gasteiger partial charge in [-0.05, 0) is 23.6 Å². The van der Waals surface area contributed by atoms with Gasteiger partial charge in [-0.3, -0.25) is 24.3 Å². The largest absolute Gasteiger partial charge is 0.491 e. The van der Waals surface area contributed by atoms with Crippen LogP contribution in [-0.2, 0) is 49.3 Å². The molecule has 2 heterocycles. The fourth-order valence-electron chi connectivity index (χ4n) is 4.57. The third-order valence-corrected chi connectivity index (χ3v) is 6.28. The molecule has 0 bridgehead atoms. The van der Waals surface area contributed by atoms with Crippen molar-refractivity contribution in [2.45, 2.75) is 84.6 Å². The van der Waals surface area contributed by atoms with Crippen LogP contribution < -0.4 is 9.47 Å². The van der Waals surface area contributed by atoms with Crippen LogP contribution in [0.4, 0.5) is 0 Å². The molecule has 14 heteroatoms. The predicted octanol–water partition coefficient (Wildman–Crippen LogP) is 1.96. The Balaban J connectivity index is 2.00. The van der Waals surface area contributed by atoms with E-state index in [1.807, 2.05) is 26.0 Å². The summed E-state index contributed by atoms with van der Waals surface area (Å²) in [4.78, 5) is 47.9. The predicted molar refractivity (Wildman–Crippen MR) is 147 cm³/mol. The first kappa shape index (κ1) is 33.3. The SMILES string of the molecule is CC(=O)OC[C@H]1OC(Oc2n[nH]c(C(C)C)c2Cc2ccc(OCCO)cc2)[C@H](OC(C)=O)[C@@H](OC(C)=O)[C@@H]1OC(C)=O. The van der Waals surface area contributed by atoms with Gasteiger partial charge in [-0.2, -0.15) is 0 Å². The zero-order valence-corrected chi connectivity index (χ0v) is 25.0. The lowest BCUT2D eigenvalue weighted by atomic mass is 9.97. The van der Waals surface area contributed by atoms with Crippen molar-refractivity contribution in [3.05, 3.63) is 41.1 Å². The Labute approximate surface area is 248 Å². The number of aromatic nitrogens is 2. The van der Waals surface area contributed by atoms with Gasteiger partial charge in [0.1, 0.15) is 25.1 Å². The number of carbonyl (C=O) groups is 4. The van der Waals surface area contributed by atoms with Crippen LogP contribution in [0.2, 0.25) is 0 Å². The third kappa shape index (κ3) is 9.41. The molecule has 1 aromatic carbocycles. The third-order valence-electron chi connectivity index (χ3n) is 6.28. The monoisotopic (exact) mass is 606 g/mol. The Hall–Kier alpha value is -4.17. The highest BCUT2D eigenvalue weighted by Gasteiger charge is 2.53. The van der Waals surface area contributed by atoms with Crippen LogP contribution in [0, 0.1) is 0 Å². The number of benzene rings is 1. The number of rotatable bonds is 13. The molecule has 1 saturated heterocycles. The van der Waals surface area contributed by atoms with E-state index in [2.05, 4.69) is 10.2 Å². The Morgan fingerprint density at radius 3 is 2.07 bits per heavy atom. The number of carbonyl (C=O) groups excluding carboxylic acids is 4. The van der Waals surface area contributed by atoms with E-state index in [-0.39, 0.29) is 31.6 Å². The minimum absolute atomic E-state index is 0.0161. The van der Waals surface area contributed by atoms with Gasteiger partial charge in [-0.15, -0.1) is 5.10 Å². The first-order chi connectivity index (χ1) is 20.4. The van der Waals surface area contributed by atoms with E-state index in [0.29, 0.717) is 17.7 Å². The van der Waals surface area contributed by atoms with Crippen LogP contribution in [-0.4, -0.2) is 89.7 Å². The molecule has 1 fully saturated rings. The fourth-order valence-corrected chi connectivity index (χ4v) is 4.57. The normalized spacial score (nSPS) is 21.5. The summed E-state index contributed by atoms with van der Waals surface area (Å²) in [6.07, 6.45) is -6.27. The maximum atomic E-state index is 12.2. The highest BCUT2D eigenvalue weighted by atomic mass is 16.7. The van der Waals surface area contributed by atoms with Gasteiger partial charge in [-0.25, -0.2) is 0 Å². The standard InChI is InChI=1S/C29H38N2O12/c1-15(2)24-22(13-20-7-9-21(10-8-20)37-12-11-32)28(31-30-24)43-29-27(41-19(6)36)26(40-18(5)35)25(39-17(4)34)23(42-29)14-38-16(3)33/h7-10,15,23,25-27,29,32H,11-14H2,1-6H3,(H,30,31)/t23-,25-,26+,27-,29?/m1/s1. The number of aliphatic hydroxyl groups excluding tert-OH is 1. The van der Waals surface area contributed by atoms with E-state index in [1.165, 1.54) is 6.92 Å². The summed E-state index contributed by atoms with van der Waals surface area (Å²) in [7, 11) is 0. The summed E-state index contributed by atoms with van der Waals surface area (Å²) < 4.78 is 39.2. The van der Waals surface area contributed by atoms with E-state index in [4.69, 9.17) is 38.3 Å². The Bertz CT molecular complexity index is 1260. The Morgan fingerprint density at radius 1 is 0.907 bits per heavy atom. The maximum Gasteiger partial charge on any atom is 0.303 e. The number of hydrogen-bond donors (Lipinski definition) is 2. The number of ether oxygens (including phenoxy) is 7. The summed E-state index contributed by atoms with van der Waals surface area (Å²) in [6, 6.07) is 7.28. The highest BCUT2D eigenvalue weighted by molar-refractivity contribution is 5.68. The molecule has 0 amide bonds. The average Bonchev–Trinajstić information content (AvgIpc) is 3.31. The minimum atomic E-state index is -1.42. The second kappa shape index (κ2) is 15.3. The van der Waals surface area contributed by atoms with Crippen molar-refractivity contribution in [1.29, 1.82) is 0 Å². The van der Waals surface area contributed by atoms with Gasteiger partial charge in [-0.1, -0.05) is 26.0 Å². The molecule has 0 spiro atoms. The van der Waals surface area contributed by atoms with Crippen molar-refractivity contribution < 1.29 is 57.4 Å². The summed E-state index contributed by atoms with van der Waals surface area (Å²) in [6.45, 7) is 8.26. The molecule has 236 valence electrons. The summed E-state index contributed by atoms with van der Waals surface area (Å²) >= 11 is 0. The van der Waals surface area contributed by atoms with E-state index in [1.54, 1.807) is 12.1 Å².